The van der Waals surface area contributed by atoms with Gasteiger partial charge in [-0.15, -0.1) is 0 Å². The Kier molecular flexibility index (Phi) is 7.26. The molecule has 0 aromatic heterocycles. The van der Waals surface area contributed by atoms with E-state index in [-0.39, 0.29) is 31.5 Å². The van der Waals surface area contributed by atoms with Gasteiger partial charge in [0.2, 0.25) is 6.79 Å². The number of fused-ring (bicyclic) bond motifs is 1. The number of ether oxygens (including phenoxy) is 4. The average molecular weight is 413 g/mol. The largest absolute Gasteiger partial charge is 0.494 e. The van der Waals surface area contributed by atoms with Crippen LogP contribution in [0.5, 0.6) is 17.2 Å². The molecule has 3 rings (SSSR count). The summed E-state index contributed by atoms with van der Waals surface area (Å²) in [5.41, 5.74) is 1.47. The molecule has 1 aliphatic heterocycles. The highest BCUT2D eigenvalue weighted by Crippen LogP contribution is 2.32. The maximum Gasteiger partial charge on any atom is 0.306 e. The van der Waals surface area contributed by atoms with Crippen LogP contribution in [0.4, 0.5) is 0 Å². The third kappa shape index (κ3) is 6.23. The summed E-state index contributed by atoms with van der Waals surface area (Å²) in [6.07, 6.45) is 0.590. The monoisotopic (exact) mass is 413 g/mol. The minimum absolute atomic E-state index is 0.00998. The van der Waals surface area contributed by atoms with Crippen molar-refractivity contribution in [2.45, 2.75) is 26.3 Å². The third-order valence-corrected chi connectivity index (χ3v) is 4.35. The Morgan fingerprint density at radius 2 is 1.80 bits per heavy atom. The van der Waals surface area contributed by atoms with Gasteiger partial charge in [-0.2, -0.15) is 0 Å². The van der Waals surface area contributed by atoms with E-state index in [0.717, 1.165) is 5.56 Å². The van der Waals surface area contributed by atoms with E-state index in [1.165, 1.54) is 6.92 Å². The van der Waals surface area contributed by atoms with Crippen molar-refractivity contribution in [1.29, 1.82) is 0 Å². The zero-order valence-corrected chi connectivity index (χ0v) is 16.6. The highest BCUT2D eigenvalue weighted by Gasteiger charge is 2.14. The smallest absolute Gasteiger partial charge is 0.306 e. The van der Waals surface area contributed by atoms with Gasteiger partial charge in [-0.3, -0.25) is 14.4 Å². The highest BCUT2D eigenvalue weighted by molar-refractivity contribution is 5.94. The second-order valence-corrected chi connectivity index (χ2v) is 6.66. The van der Waals surface area contributed by atoms with Gasteiger partial charge in [0.25, 0.3) is 5.91 Å². The lowest BCUT2D eigenvalue weighted by Crippen LogP contribution is -2.28. The molecular formula is C22H23NO7. The second-order valence-electron chi connectivity index (χ2n) is 6.66. The van der Waals surface area contributed by atoms with Crippen LogP contribution in [0.15, 0.2) is 42.5 Å². The van der Waals surface area contributed by atoms with E-state index in [1.807, 2.05) is 6.07 Å². The second kappa shape index (κ2) is 10.3. The van der Waals surface area contributed by atoms with Gasteiger partial charge in [-0.25, -0.2) is 0 Å². The number of hydrogen-bond donors (Lipinski definition) is 1. The molecule has 0 unspecified atom stereocenters. The molecule has 1 heterocycles. The van der Waals surface area contributed by atoms with E-state index < -0.39 is 5.97 Å². The molecule has 0 saturated carbocycles. The SMILES string of the molecule is CC(=O)c1ccc(OCCCC(=O)OCC(=O)NCc2ccc3c(c2)OCO3)cc1. The van der Waals surface area contributed by atoms with Gasteiger partial charge in [0.1, 0.15) is 5.75 Å². The summed E-state index contributed by atoms with van der Waals surface area (Å²) in [5, 5.41) is 2.69. The zero-order chi connectivity index (χ0) is 21.3. The number of nitrogens with one attached hydrogen (secondary N) is 1. The maximum absolute atomic E-state index is 11.9. The Bertz CT molecular complexity index is 908. The number of carbonyl (C=O) groups is 3. The molecule has 8 heteroatoms. The third-order valence-electron chi connectivity index (χ3n) is 4.35. The summed E-state index contributed by atoms with van der Waals surface area (Å²) in [4.78, 5) is 34.8. The Morgan fingerprint density at radius 3 is 2.57 bits per heavy atom. The summed E-state index contributed by atoms with van der Waals surface area (Å²) in [7, 11) is 0. The van der Waals surface area contributed by atoms with Gasteiger partial charge in [0.05, 0.1) is 6.61 Å². The molecule has 0 radical (unpaired) electrons. The molecule has 0 atom stereocenters. The molecule has 1 N–H and O–H groups in total. The standard InChI is InChI=1S/C22H23NO7/c1-15(24)17-5-7-18(8-6-17)27-10-2-3-22(26)28-13-21(25)23-12-16-4-9-19-20(11-16)30-14-29-19/h4-9,11H,2-3,10,12-14H2,1H3,(H,23,25). The summed E-state index contributed by atoms with van der Waals surface area (Å²) in [6.45, 7) is 1.97. The molecule has 30 heavy (non-hydrogen) atoms. The van der Waals surface area contributed by atoms with Crippen LogP contribution in [0.1, 0.15) is 35.7 Å². The number of amides is 1. The van der Waals surface area contributed by atoms with E-state index in [2.05, 4.69) is 5.32 Å². The van der Waals surface area contributed by atoms with Gasteiger partial charge < -0.3 is 24.3 Å². The molecule has 2 aromatic rings. The van der Waals surface area contributed by atoms with E-state index in [4.69, 9.17) is 18.9 Å². The summed E-state index contributed by atoms with van der Waals surface area (Å²) < 4.78 is 21.0. The molecule has 0 saturated heterocycles. The van der Waals surface area contributed by atoms with Crippen molar-refractivity contribution in [2.24, 2.45) is 0 Å². The van der Waals surface area contributed by atoms with Gasteiger partial charge >= 0.3 is 5.97 Å². The zero-order valence-electron chi connectivity index (χ0n) is 16.6. The van der Waals surface area contributed by atoms with Crippen LogP contribution in [0.3, 0.4) is 0 Å². The number of rotatable bonds is 10. The molecular weight excluding hydrogens is 390 g/mol. The lowest BCUT2D eigenvalue weighted by atomic mass is 10.1. The number of carbonyl (C=O) groups excluding carboxylic acids is 3. The lowest BCUT2D eigenvalue weighted by Gasteiger charge is -2.08. The van der Waals surface area contributed by atoms with Crippen molar-refractivity contribution < 1.29 is 33.3 Å². The van der Waals surface area contributed by atoms with Crippen molar-refractivity contribution in [3.05, 3.63) is 53.6 Å². The maximum atomic E-state index is 11.9. The van der Waals surface area contributed by atoms with Gasteiger partial charge in [0, 0.05) is 18.5 Å². The van der Waals surface area contributed by atoms with Crippen LogP contribution >= 0.6 is 0 Å². The van der Waals surface area contributed by atoms with Crippen molar-refractivity contribution in [2.75, 3.05) is 20.0 Å². The number of benzene rings is 2. The Hall–Kier alpha value is -3.55. The number of Topliss-reactive ketones (excluding diaryl/α,β-unsaturated/α-hetero) is 1. The minimum atomic E-state index is -0.469. The predicted octanol–water partition coefficient (Wildman–Crippen LogP) is 2.64. The lowest BCUT2D eigenvalue weighted by molar-refractivity contribution is -0.148. The summed E-state index contributed by atoms with van der Waals surface area (Å²) in [5.74, 6) is 1.08. The molecule has 8 nitrogen and oxygen atoms in total. The molecule has 1 amide bonds. The van der Waals surface area contributed by atoms with Crippen LogP contribution in [0.25, 0.3) is 0 Å². The van der Waals surface area contributed by atoms with Crippen LogP contribution in [0.2, 0.25) is 0 Å². The molecule has 1 aliphatic rings. The van der Waals surface area contributed by atoms with Crippen molar-refractivity contribution >= 4 is 17.7 Å². The fourth-order valence-corrected chi connectivity index (χ4v) is 2.71. The van der Waals surface area contributed by atoms with Crippen LogP contribution in [-0.2, 0) is 20.9 Å². The molecule has 0 spiro atoms. The van der Waals surface area contributed by atoms with Gasteiger partial charge in [-0.05, 0) is 55.3 Å². The first-order chi connectivity index (χ1) is 14.5. The molecule has 0 fully saturated rings. The Balaban J connectivity index is 1.27. The number of ketones is 1. The molecule has 0 aliphatic carbocycles. The summed E-state index contributed by atoms with van der Waals surface area (Å²) in [6, 6.07) is 12.2. The van der Waals surface area contributed by atoms with Crippen molar-refractivity contribution in [3.63, 3.8) is 0 Å². The fourth-order valence-electron chi connectivity index (χ4n) is 2.71. The van der Waals surface area contributed by atoms with E-state index in [0.29, 0.717) is 42.4 Å². The minimum Gasteiger partial charge on any atom is -0.494 e. The summed E-state index contributed by atoms with van der Waals surface area (Å²) >= 11 is 0. The van der Waals surface area contributed by atoms with Crippen molar-refractivity contribution in [3.8, 4) is 17.2 Å². The van der Waals surface area contributed by atoms with Gasteiger partial charge in [0.15, 0.2) is 23.9 Å². The molecule has 2 aromatic carbocycles. The van der Waals surface area contributed by atoms with E-state index >= 15 is 0 Å². The van der Waals surface area contributed by atoms with E-state index in [9.17, 15) is 14.4 Å². The Morgan fingerprint density at radius 1 is 1.03 bits per heavy atom. The van der Waals surface area contributed by atoms with Gasteiger partial charge in [-0.1, -0.05) is 6.07 Å². The first-order valence-electron chi connectivity index (χ1n) is 9.56. The number of hydrogen-bond acceptors (Lipinski definition) is 7. The van der Waals surface area contributed by atoms with Crippen LogP contribution < -0.4 is 19.5 Å². The van der Waals surface area contributed by atoms with Crippen molar-refractivity contribution in [1.82, 2.24) is 5.32 Å². The number of esters is 1. The fraction of sp³-hybridized carbons (Fsp3) is 0.318. The first-order valence-corrected chi connectivity index (χ1v) is 9.56. The highest BCUT2D eigenvalue weighted by atomic mass is 16.7. The average Bonchev–Trinajstić information content (AvgIpc) is 3.22. The first kappa shape index (κ1) is 21.2. The molecule has 158 valence electrons. The quantitative estimate of drug-likeness (QED) is 0.363. The Labute approximate surface area is 174 Å². The van der Waals surface area contributed by atoms with E-state index in [1.54, 1.807) is 36.4 Å². The van der Waals surface area contributed by atoms with Crippen LogP contribution in [-0.4, -0.2) is 37.7 Å². The topological polar surface area (TPSA) is 100 Å². The predicted molar refractivity (Wildman–Crippen MR) is 107 cm³/mol. The van der Waals surface area contributed by atoms with Crippen LogP contribution in [0, 0.1) is 0 Å². The molecule has 0 bridgehead atoms. The normalized spacial score (nSPS) is 11.6.